The molecule has 1 aliphatic carbocycles. The third kappa shape index (κ3) is 2.82. The van der Waals surface area contributed by atoms with E-state index in [1.165, 1.54) is 4.90 Å². The highest BCUT2D eigenvalue weighted by molar-refractivity contribution is 5.87. The average Bonchev–Trinajstić information content (AvgIpc) is 3.08. The minimum Gasteiger partial charge on any atom is -0.464 e. The van der Waals surface area contributed by atoms with Gasteiger partial charge in [-0.3, -0.25) is 4.79 Å². The number of rotatable bonds is 4. The third-order valence-electron chi connectivity index (χ3n) is 3.40. The Morgan fingerprint density at radius 2 is 2.05 bits per heavy atom. The van der Waals surface area contributed by atoms with Gasteiger partial charge in [0.15, 0.2) is 5.54 Å². The third-order valence-corrected chi connectivity index (χ3v) is 3.40. The fourth-order valence-electron chi connectivity index (χ4n) is 1.91. The van der Waals surface area contributed by atoms with Gasteiger partial charge in [0.25, 0.3) is 5.91 Å². The van der Waals surface area contributed by atoms with Crippen LogP contribution in [0.4, 0.5) is 13.2 Å². The molecule has 0 saturated heterocycles. The van der Waals surface area contributed by atoms with Crippen LogP contribution in [0.2, 0.25) is 0 Å². The summed E-state index contributed by atoms with van der Waals surface area (Å²) in [6, 6.07) is 3.17. The van der Waals surface area contributed by atoms with Crippen LogP contribution < -0.4 is 5.73 Å². The van der Waals surface area contributed by atoms with Gasteiger partial charge < -0.3 is 15.1 Å². The van der Waals surface area contributed by atoms with E-state index >= 15 is 0 Å². The van der Waals surface area contributed by atoms with Crippen molar-refractivity contribution in [2.24, 2.45) is 5.73 Å². The number of amides is 1. The first-order chi connectivity index (χ1) is 9.13. The highest BCUT2D eigenvalue weighted by atomic mass is 19.4. The van der Waals surface area contributed by atoms with Gasteiger partial charge in [0.05, 0.1) is 6.54 Å². The van der Waals surface area contributed by atoms with E-state index in [9.17, 15) is 18.0 Å². The second-order valence-electron chi connectivity index (χ2n) is 5.38. The zero-order valence-electron chi connectivity index (χ0n) is 11.3. The van der Waals surface area contributed by atoms with E-state index in [1.54, 1.807) is 19.1 Å². The lowest BCUT2D eigenvalue weighted by molar-refractivity contribution is -0.194. The molecule has 1 aromatic rings. The zero-order chi connectivity index (χ0) is 15.1. The molecule has 1 heterocycles. The Morgan fingerprint density at radius 3 is 2.45 bits per heavy atom. The molecule has 1 aromatic heterocycles. The Hall–Kier alpha value is -1.50. The minimum atomic E-state index is -4.78. The zero-order valence-corrected chi connectivity index (χ0v) is 11.3. The van der Waals surface area contributed by atoms with E-state index in [2.05, 4.69) is 0 Å². The van der Waals surface area contributed by atoms with Crippen LogP contribution in [0.15, 0.2) is 16.5 Å². The van der Waals surface area contributed by atoms with E-state index in [0.717, 1.165) is 0 Å². The number of hydrogen-bond donors (Lipinski definition) is 1. The number of carbonyl (C=O) groups excluding carboxylic acids is 1. The molecule has 4 nitrogen and oxygen atoms in total. The monoisotopic (exact) mass is 290 g/mol. The molecule has 1 atom stereocenters. The summed E-state index contributed by atoms with van der Waals surface area (Å²) in [5.74, 6) is -0.00296. The van der Waals surface area contributed by atoms with E-state index < -0.39 is 17.6 Å². The van der Waals surface area contributed by atoms with Crippen molar-refractivity contribution in [2.75, 3.05) is 0 Å². The van der Waals surface area contributed by atoms with Crippen molar-refractivity contribution in [2.45, 2.75) is 51.0 Å². The smallest absolute Gasteiger partial charge is 0.415 e. The number of furan rings is 1. The highest BCUT2D eigenvalue weighted by Crippen LogP contribution is 2.35. The molecular weight excluding hydrogens is 273 g/mol. The molecule has 1 fully saturated rings. The van der Waals surface area contributed by atoms with Gasteiger partial charge in [-0.2, -0.15) is 13.2 Å². The predicted octanol–water partition coefficient (Wildman–Crippen LogP) is 2.36. The SMILES string of the molecule is Cc1ccc(CN(C(=O)C(C)(N)C(F)(F)F)C2CC2)o1. The number of nitrogens with zero attached hydrogens (tertiary/aromatic N) is 1. The lowest BCUT2D eigenvalue weighted by Crippen LogP contribution is -2.62. The first-order valence-corrected chi connectivity index (χ1v) is 6.35. The van der Waals surface area contributed by atoms with Crippen molar-refractivity contribution in [1.82, 2.24) is 4.90 Å². The number of hydrogen-bond acceptors (Lipinski definition) is 3. The Bertz CT molecular complexity index is 504. The fraction of sp³-hybridized carbons (Fsp3) is 0.615. The fourth-order valence-corrected chi connectivity index (χ4v) is 1.91. The number of carbonyl (C=O) groups is 1. The highest BCUT2D eigenvalue weighted by Gasteiger charge is 2.56. The van der Waals surface area contributed by atoms with Crippen LogP contribution in [0.1, 0.15) is 31.3 Å². The number of halogens is 3. The maximum Gasteiger partial charge on any atom is 0.415 e. The lowest BCUT2D eigenvalue weighted by Gasteiger charge is -2.32. The van der Waals surface area contributed by atoms with Crippen molar-refractivity contribution < 1.29 is 22.4 Å². The predicted molar refractivity (Wildman–Crippen MR) is 65.7 cm³/mol. The molecule has 1 unspecified atom stereocenters. The maximum absolute atomic E-state index is 12.9. The van der Waals surface area contributed by atoms with Crippen LogP contribution in [0, 0.1) is 6.92 Å². The number of nitrogens with two attached hydrogens (primary N) is 1. The van der Waals surface area contributed by atoms with E-state index in [0.29, 0.717) is 31.3 Å². The van der Waals surface area contributed by atoms with Crippen molar-refractivity contribution in [3.8, 4) is 0 Å². The molecule has 0 aliphatic heterocycles. The average molecular weight is 290 g/mol. The second kappa shape index (κ2) is 4.80. The Kier molecular flexibility index (Phi) is 3.58. The summed E-state index contributed by atoms with van der Waals surface area (Å²) in [6.45, 7) is 2.45. The molecule has 1 aliphatic rings. The molecule has 0 bridgehead atoms. The van der Waals surface area contributed by atoms with Gasteiger partial charge in [-0.25, -0.2) is 0 Å². The summed E-state index contributed by atoms with van der Waals surface area (Å²) in [5, 5.41) is 0. The summed E-state index contributed by atoms with van der Waals surface area (Å²) < 4.78 is 43.9. The summed E-state index contributed by atoms with van der Waals surface area (Å²) in [5.41, 5.74) is 2.34. The summed E-state index contributed by atoms with van der Waals surface area (Å²) >= 11 is 0. The first kappa shape index (κ1) is 14.9. The van der Waals surface area contributed by atoms with Crippen LogP contribution >= 0.6 is 0 Å². The van der Waals surface area contributed by atoms with Gasteiger partial charge in [0.2, 0.25) is 0 Å². The van der Waals surface area contributed by atoms with Crippen molar-refractivity contribution in [3.05, 3.63) is 23.7 Å². The minimum absolute atomic E-state index is 0.0141. The molecule has 2 rings (SSSR count). The van der Waals surface area contributed by atoms with Gasteiger partial charge >= 0.3 is 6.18 Å². The lowest BCUT2D eigenvalue weighted by atomic mass is 10.0. The quantitative estimate of drug-likeness (QED) is 0.926. The van der Waals surface area contributed by atoms with Crippen molar-refractivity contribution >= 4 is 5.91 Å². The topological polar surface area (TPSA) is 59.5 Å². The molecule has 7 heteroatoms. The van der Waals surface area contributed by atoms with Gasteiger partial charge in [-0.05, 0) is 38.8 Å². The van der Waals surface area contributed by atoms with Crippen LogP contribution in [0.5, 0.6) is 0 Å². The molecule has 2 N–H and O–H groups in total. The van der Waals surface area contributed by atoms with Gasteiger partial charge in [0, 0.05) is 6.04 Å². The van der Waals surface area contributed by atoms with Crippen LogP contribution in [-0.4, -0.2) is 28.6 Å². The van der Waals surface area contributed by atoms with Crippen LogP contribution in [-0.2, 0) is 11.3 Å². The Balaban J connectivity index is 2.19. The molecule has 0 radical (unpaired) electrons. The molecule has 20 heavy (non-hydrogen) atoms. The molecule has 0 spiro atoms. The summed E-state index contributed by atoms with van der Waals surface area (Å²) in [7, 11) is 0. The first-order valence-electron chi connectivity index (χ1n) is 6.35. The van der Waals surface area contributed by atoms with Gasteiger partial charge in [-0.1, -0.05) is 0 Å². The maximum atomic E-state index is 12.9. The van der Waals surface area contributed by atoms with Gasteiger partial charge in [0.1, 0.15) is 11.5 Å². The second-order valence-corrected chi connectivity index (χ2v) is 5.38. The standard InChI is InChI=1S/C13H17F3N2O2/c1-8-3-6-10(20-8)7-18(9-4-5-9)11(19)12(2,17)13(14,15)16/h3,6,9H,4-5,7,17H2,1-2H3. The normalized spacial score (nSPS) is 18.7. The number of aryl methyl sites for hydroxylation is 1. The molecule has 1 saturated carbocycles. The summed E-state index contributed by atoms with van der Waals surface area (Å²) in [6.07, 6.45) is -3.39. The Labute approximate surface area is 114 Å². The van der Waals surface area contributed by atoms with E-state index in [4.69, 9.17) is 10.2 Å². The molecule has 112 valence electrons. The largest absolute Gasteiger partial charge is 0.464 e. The molecular formula is C13H17F3N2O2. The van der Waals surface area contributed by atoms with Gasteiger partial charge in [-0.15, -0.1) is 0 Å². The Morgan fingerprint density at radius 1 is 1.45 bits per heavy atom. The number of alkyl halides is 3. The summed E-state index contributed by atoms with van der Waals surface area (Å²) in [4.78, 5) is 13.3. The molecule has 0 aromatic carbocycles. The van der Waals surface area contributed by atoms with Crippen LogP contribution in [0.25, 0.3) is 0 Å². The molecule has 1 amide bonds. The van der Waals surface area contributed by atoms with E-state index in [1.807, 2.05) is 0 Å². The van der Waals surface area contributed by atoms with Crippen molar-refractivity contribution in [3.63, 3.8) is 0 Å². The van der Waals surface area contributed by atoms with Crippen molar-refractivity contribution in [1.29, 1.82) is 0 Å². The van der Waals surface area contributed by atoms with Crippen LogP contribution in [0.3, 0.4) is 0 Å². The van der Waals surface area contributed by atoms with E-state index in [-0.39, 0.29) is 12.6 Å².